The van der Waals surface area contributed by atoms with E-state index >= 15 is 0 Å². The smallest absolute Gasteiger partial charge is 0.185 e. The van der Waals surface area contributed by atoms with E-state index < -0.39 is 11.6 Å². The minimum absolute atomic E-state index is 0.0403. The molecule has 3 atom stereocenters. The number of allylic oxidation sites excluding steroid dienone is 10. The first-order valence-electron chi connectivity index (χ1n) is 19.5. The largest absolute Gasteiger partial charge is 0.394 e. The predicted octanol–water partition coefficient (Wildman–Crippen LogP) is 9.04. The molecule has 5 rings (SSSR count). The van der Waals surface area contributed by atoms with E-state index in [1.54, 1.807) is 19.1 Å². The molecule has 5 aliphatic rings. The van der Waals surface area contributed by atoms with Gasteiger partial charge in [-0.1, -0.05) is 88.6 Å². The van der Waals surface area contributed by atoms with Crippen molar-refractivity contribution in [1.29, 1.82) is 0 Å². The monoisotopic (exact) mass is 741 g/mol. The molecule has 2 aliphatic heterocycles. The fourth-order valence-corrected chi connectivity index (χ4v) is 7.98. The Morgan fingerprint density at radius 3 is 1.38 bits per heavy atom. The van der Waals surface area contributed by atoms with Crippen molar-refractivity contribution in [2.75, 3.05) is 39.6 Å². The summed E-state index contributed by atoms with van der Waals surface area (Å²) in [5.74, 6) is 0.452. The van der Waals surface area contributed by atoms with Crippen molar-refractivity contribution in [3.63, 3.8) is 0 Å². The SMILES string of the molecule is CC(=O)C=CC1C(C)=CCCC1(C)C.CC1=CC(=O)CC(C)(C)C1C=CC1(C)OCCO1.CC1=CCCC(C)(C)C1C=CC1(C)OCCO1.OCCO. The molecular formula is C45H72O8. The minimum Gasteiger partial charge on any atom is -0.394 e. The molecule has 0 radical (unpaired) electrons. The lowest BCUT2D eigenvalue weighted by Crippen LogP contribution is -2.31. The van der Waals surface area contributed by atoms with Crippen molar-refractivity contribution < 1.29 is 38.7 Å². The fourth-order valence-electron chi connectivity index (χ4n) is 7.98. The zero-order chi connectivity index (χ0) is 40.1. The summed E-state index contributed by atoms with van der Waals surface area (Å²) in [7, 11) is 0. The molecule has 2 saturated heterocycles. The summed E-state index contributed by atoms with van der Waals surface area (Å²) in [5, 5.41) is 15.2. The lowest BCUT2D eigenvalue weighted by Gasteiger charge is -2.37. The normalized spacial score (nSPS) is 28.2. The summed E-state index contributed by atoms with van der Waals surface area (Å²) in [4.78, 5) is 22.5. The maximum Gasteiger partial charge on any atom is 0.185 e. The Morgan fingerprint density at radius 1 is 0.660 bits per heavy atom. The predicted molar refractivity (Wildman–Crippen MR) is 214 cm³/mol. The number of ketones is 2. The maximum atomic E-state index is 11.6. The van der Waals surface area contributed by atoms with Crippen LogP contribution in [0.5, 0.6) is 0 Å². The molecule has 8 heteroatoms. The van der Waals surface area contributed by atoms with Crippen molar-refractivity contribution in [3.8, 4) is 0 Å². The third-order valence-electron chi connectivity index (χ3n) is 11.1. The minimum atomic E-state index is -0.599. The molecule has 0 bridgehead atoms. The van der Waals surface area contributed by atoms with E-state index in [-0.39, 0.29) is 36.1 Å². The molecule has 0 spiro atoms. The second-order valence-corrected chi connectivity index (χ2v) is 17.5. The van der Waals surface area contributed by atoms with E-state index in [0.29, 0.717) is 55.5 Å². The molecule has 0 aromatic heterocycles. The number of carbonyl (C=O) groups is 2. The summed E-state index contributed by atoms with van der Waals surface area (Å²) in [6.07, 6.45) is 24.1. The number of carbonyl (C=O) groups excluding carboxylic acids is 2. The third kappa shape index (κ3) is 14.9. The van der Waals surface area contributed by atoms with Gasteiger partial charge in [-0.15, -0.1) is 0 Å². The van der Waals surface area contributed by atoms with Crippen LogP contribution in [-0.4, -0.2) is 73.0 Å². The molecular weight excluding hydrogens is 668 g/mol. The molecule has 2 fully saturated rings. The van der Waals surface area contributed by atoms with Gasteiger partial charge in [0.15, 0.2) is 23.1 Å². The third-order valence-corrected chi connectivity index (χ3v) is 11.1. The number of aliphatic hydroxyl groups is 2. The number of hydrogen-bond donors (Lipinski definition) is 2. The Hall–Kier alpha value is -2.46. The molecule has 0 aromatic carbocycles. The van der Waals surface area contributed by atoms with Crippen LogP contribution in [-0.2, 0) is 28.5 Å². The van der Waals surface area contributed by atoms with Crippen LogP contribution in [0.2, 0.25) is 0 Å². The van der Waals surface area contributed by atoms with E-state index in [2.05, 4.69) is 91.8 Å². The van der Waals surface area contributed by atoms with Gasteiger partial charge in [0, 0.05) is 24.2 Å². The Morgan fingerprint density at radius 2 is 1.04 bits per heavy atom. The van der Waals surface area contributed by atoms with Crippen LogP contribution < -0.4 is 0 Å². The lowest BCUT2D eigenvalue weighted by atomic mass is 9.68. The van der Waals surface area contributed by atoms with Gasteiger partial charge in [-0.05, 0) is 108 Å². The van der Waals surface area contributed by atoms with Gasteiger partial charge < -0.3 is 29.2 Å². The average Bonchev–Trinajstić information content (AvgIpc) is 3.68. The Balaban J connectivity index is 0.000000263. The van der Waals surface area contributed by atoms with Crippen LogP contribution in [0.1, 0.15) is 115 Å². The van der Waals surface area contributed by atoms with Crippen molar-refractivity contribution in [2.24, 2.45) is 34.0 Å². The summed E-state index contributed by atoms with van der Waals surface area (Å²) in [5.41, 5.74) is 4.59. The molecule has 2 N–H and O–H groups in total. The number of rotatable bonds is 7. The van der Waals surface area contributed by atoms with Crippen molar-refractivity contribution in [2.45, 2.75) is 127 Å². The van der Waals surface area contributed by atoms with Gasteiger partial charge >= 0.3 is 0 Å². The summed E-state index contributed by atoms with van der Waals surface area (Å²) in [6, 6.07) is 0. The molecule has 300 valence electrons. The van der Waals surface area contributed by atoms with Crippen LogP contribution in [0.15, 0.2) is 71.4 Å². The van der Waals surface area contributed by atoms with E-state index in [4.69, 9.17) is 29.2 Å². The van der Waals surface area contributed by atoms with Crippen molar-refractivity contribution >= 4 is 11.6 Å². The lowest BCUT2D eigenvalue weighted by molar-refractivity contribution is -0.117. The molecule has 0 amide bonds. The first-order valence-corrected chi connectivity index (χ1v) is 19.5. The highest BCUT2D eigenvalue weighted by Gasteiger charge is 2.37. The van der Waals surface area contributed by atoms with Gasteiger partial charge in [0.2, 0.25) is 0 Å². The van der Waals surface area contributed by atoms with E-state index in [1.165, 1.54) is 36.8 Å². The molecule has 53 heavy (non-hydrogen) atoms. The second-order valence-electron chi connectivity index (χ2n) is 17.5. The topological polar surface area (TPSA) is 112 Å². The van der Waals surface area contributed by atoms with E-state index in [1.807, 2.05) is 26.8 Å². The number of aliphatic hydroxyl groups excluding tert-OH is 2. The molecule has 0 saturated carbocycles. The Kier molecular flexibility index (Phi) is 18.0. The Labute approximate surface area is 321 Å². The summed E-state index contributed by atoms with van der Waals surface area (Å²) < 4.78 is 22.3. The van der Waals surface area contributed by atoms with Crippen LogP contribution >= 0.6 is 0 Å². The van der Waals surface area contributed by atoms with Crippen LogP contribution in [0.4, 0.5) is 0 Å². The molecule has 3 aliphatic carbocycles. The zero-order valence-electron chi connectivity index (χ0n) is 35.1. The number of hydrogen-bond acceptors (Lipinski definition) is 8. The van der Waals surface area contributed by atoms with Gasteiger partial charge in [0.05, 0.1) is 39.6 Å². The molecule has 0 aromatic rings. The van der Waals surface area contributed by atoms with Gasteiger partial charge in [0.25, 0.3) is 0 Å². The average molecular weight is 741 g/mol. The van der Waals surface area contributed by atoms with Crippen molar-refractivity contribution in [1.82, 2.24) is 0 Å². The van der Waals surface area contributed by atoms with Crippen LogP contribution in [0, 0.1) is 34.0 Å². The summed E-state index contributed by atoms with van der Waals surface area (Å²) in [6.45, 7) is 27.9. The number of ether oxygens (including phenoxy) is 4. The highest BCUT2D eigenvalue weighted by atomic mass is 16.7. The van der Waals surface area contributed by atoms with Gasteiger partial charge in [-0.25, -0.2) is 0 Å². The van der Waals surface area contributed by atoms with E-state index in [9.17, 15) is 9.59 Å². The standard InChI is InChI=1S/C15H22O3.C15H24O2.C13H20O.C2H6O2/c1-11-9-12(16)10-14(2,3)13(11)5-6-15(4)17-7-8-18-15;1-12-6-5-8-14(2,3)13(12)7-9-15(4)16-10-11-17-15;1-10-6-5-9-13(3,4)12(10)8-7-11(2)14;3-1-2-4/h5-6,9,13H,7-8,10H2,1-4H3;6-7,9,13H,5,8,10-11H2,1-4H3;6-8,12H,5,9H2,1-4H3;3-4H,1-2H2. The maximum absolute atomic E-state index is 11.6. The highest BCUT2D eigenvalue weighted by molar-refractivity contribution is 5.92. The molecule has 2 heterocycles. The van der Waals surface area contributed by atoms with Gasteiger partial charge in [-0.3, -0.25) is 9.59 Å². The fraction of sp³-hybridized carbons (Fsp3) is 0.689. The van der Waals surface area contributed by atoms with Crippen LogP contribution in [0.25, 0.3) is 0 Å². The van der Waals surface area contributed by atoms with E-state index in [0.717, 1.165) is 5.57 Å². The highest BCUT2D eigenvalue weighted by Crippen LogP contribution is 2.43. The summed E-state index contributed by atoms with van der Waals surface area (Å²) >= 11 is 0. The molecule has 8 nitrogen and oxygen atoms in total. The first-order chi connectivity index (χ1) is 24.6. The van der Waals surface area contributed by atoms with Gasteiger partial charge in [0.1, 0.15) is 0 Å². The zero-order valence-corrected chi connectivity index (χ0v) is 35.1. The van der Waals surface area contributed by atoms with Crippen LogP contribution in [0.3, 0.4) is 0 Å². The first kappa shape index (κ1) is 46.7. The second kappa shape index (κ2) is 20.5. The molecule has 3 unspecified atom stereocenters. The van der Waals surface area contributed by atoms with Crippen molar-refractivity contribution in [3.05, 3.63) is 71.4 Å². The Bertz CT molecular complexity index is 1370. The quantitative estimate of drug-likeness (QED) is 0.197. The van der Waals surface area contributed by atoms with Gasteiger partial charge in [-0.2, -0.15) is 0 Å².